The summed E-state index contributed by atoms with van der Waals surface area (Å²) in [4.78, 5) is 0. The van der Waals surface area contributed by atoms with Crippen LogP contribution in [0.15, 0.2) is 36.4 Å². The van der Waals surface area contributed by atoms with E-state index >= 15 is 0 Å². The summed E-state index contributed by atoms with van der Waals surface area (Å²) >= 11 is 0. The molecule has 1 rings (SSSR count). The Morgan fingerprint density at radius 1 is 1.29 bits per heavy atom. The summed E-state index contributed by atoms with van der Waals surface area (Å²) in [7, 11) is 0. The van der Waals surface area contributed by atoms with Crippen molar-refractivity contribution in [2.24, 2.45) is 0 Å². The number of benzene rings is 1. The van der Waals surface area contributed by atoms with Crippen LogP contribution < -0.4 is 0 Å². The smallest absolute Gasteiger partial charge is 0.0724 e. The Morgan fingerprint density at radius 3 is 2.64 bits per heavy atom. The third kappa shape index (κ3) is 4.24. The summed E-state index contributed by atoms with van der Waals surface area (Å²) in [5, 5.41) is 9.55. The van der Waals surface area contributed by atoms with Gasteiger partial charge in [0, 0.05) is 0 Å². The summed E-state index contributed by atoms with van der Waals surface area (Å²) in [5.41, 5.74) is 1.14. The zero-order valence-electron chi connectivity index (χ0n) is 8.69. The lowest BCUT2D eigenvalue weighted by Crippen LogP contribution is -2.00. The standard InChI is InChI=1S/C13H18O/c1-2-3-9-13(14)11-10-12-7-5-4-6-8-12/h4-8,10-11,13-14H,2-3,9H2,1H3. The summed E-state index contributed by atoms with van der Waals surface area (Å²) in [5.74, 6) is 0. The minimum Gasteiger partial charge on any atom is -0.389 e. The first-order valence-electron chi connectivity index (χ1n) is 5.24. The topological polar surface area (TPSA) is 20.2 Å². The molecule has 1 atom stereocenters. The van der Waals surface area contributed by atoms with E-state index in [-0.39, 0.29) is 6.10 Å². The van der Waals surface area contributed by atoms with Crippen LogP contribution in [0.25, 0.3) is 6.08 Å². The Balaban J connectivity index is 2.39. The van der Waals surface area contributed by atoms with Crippen LogP contribution >= 0.6 is 0 Å². The van der Waals surface area contributed by atoms with Crippen molar-refractivity contribution < 1.29 is 5.11 Å². The maximum atomic E-state index is 9.55. The predicted molar refractivity (Wildman–Crippen MR) is 61.0 cm³/mol. The number of hydrogen-bond donors (Lipinski definition) is 1. The molecule has 0 amide bonds. The molecule has 1 aromatic rings. The lowest BCUT2D eigenvalue weighted by atomic mass is 10.1. The van der Waals surface area contributed by atoms with Crippen LogP contribution in [-0.4, -0.2) is 11.2 Å². The van der Waals surface area contributed by atoms with Gasteiger partial charge in [0.15, 0.2) is 0 Å². The zero-order valence-corrected chi connectivity index (χ0v) is 8.69. The molecule has 1 N–H and O–H groups in total. The van der Waals surface area contributed by atoms with Crippen molar-refractivity contribution in [2.45, 2.75) is 32.3 Å². The first-order valence-corrected chi connectivity index (χ1v) is 5.24. The van der Waals surface area contributed by atoms with Crippen LogP contribution in [0.2, 0.25) is 0 Å². The van der Waals surface area contributed by atoms with Gasteiger partial charge in [0.2, 0.25) is 0 Å². The van der Waals surface area contributed by atoms with E-state index in [9.17, 15) is 5.11 Å². The van der Waals surface area contributed by atoms with Crippen LogP contribution in [0.5, 0.6) is 0 Å². The van der Waals surface area contributed by atoms with Crippen molar-refractivity contribution in [3.63, 3.8) is 0 Å². The molecule has 0 saturated carbocycles. The number of aliphatic hydroxyl groups excluding tert-OH is 1. The van der Waals surface area contributed by atoms with Crippen LogP contribution in [0.4, 0.5) is 0 Å². The van der Waals surface area contributed by atoms with Crippen molar-refractivity contribution in [3.05, 3.63) is 42.0 Å². The molecule has 0 bridgehead atoms. The molecular formula is C13H18O. The third-order valence-electron chi connectivity index (χ3n) is 2.16. The number of aliphatic hydroxyl groups is 1. The Hall–Kier alpha value is -1.08. The van der Waals surface area contributed by atoms with Gasteiger partial charge < -0.3 is 5.11 Å². The van der Waals surface area contributed by atoms with Gasteiger partial charge in [-0.1, -0.05) is 62.2 Å². The highest BCUT2D eigenvalue weighted by Gasteiger charge is 1.96. The van der Waals surface area contributed by atoms with E-state index < -0.39 is 0 Å². The van der Waals surface area contributed by atoms with Crippen molar-refractivity contribution >= 4 is 6.08 Å². The molecular weight excluding hydrogens is 172 g/mol. The van der Waals surface area contributed by atoms with E-state index in [4.69, 9.17) is 0 Å². The molecule has 0 saturated heterocycles. The number of rotatable bonds is 5. The Bertz CT molecular complexity index is 264. The highest BCUT2D eigenvalue weighted by Crippen LogP contribution is 2.06. The molecule has 1 nitrogen and oxygen atoms in total. The second-order valence-corrected chi connectivity index (χ2v) is 3.48. The van der Waals surface area contributed by atoms with Gasteiger partial charge in [0.1, 0.15) is 0 Å². The molecule has 0 spiro atoms. The highest BCUT2D eigenvalue weighted by atomic mass is 16.3. The summed E-state index contributed by atoms with van der Waals surface area (Å²) in [6.07, 6.45) is 6.62. The molecule has 0 aliphatic carbocycles. The van der Waals surface area contributed by atoms with E-state index in [1.807, 2.05) is 42.5 Å². The monoisotopic (exact) mass is 190 g/mol. The van der Waals surface area contributed by atoms with Crippen LogP contribution in [-0.2, 0) is 0 Å². The fourth-order valence-electron chi connectivity index (χ4n) is 1.30. The summed E-state index contributed by atoms with van der Waals surface area (Å²) < 4.78 is 0. The van der Waals surface area contributed by atoms with Crippen molar-refractivity contribution in [1.82, 2.24) is 0 Å². The minimum atomic E-state index is -0.296. The fourth-order valence-corrected chi connectivity index (χ4v) is 1.30. The average Bonchev–Trinajstić information content (AvgIpc) is 2.25. The Labute approximate surface area is 86.1 Å². The number of unbranched alkanes of at least 4 members (excludes halogenated alkanes) is 1. The lowest BCUT2D eigenvalue weighted by molar-refractivity contribution is 0.210. The molecule has 0 radical (unpaired) electrons. The largest absolute Gasteiger partial charge is 0.389 e. The second-order valence-electron chi connectivity index (χ2n) is 3.48. The van der Waals surface area contributed by atoms with Gasteiger partial charge in [-0.2, -0.15) is 0 Å². The van der Waals surface area contributed by atoms with Gasteiger partial charge in [-0.3, -0.25) is 0 Å². The summed E-state index contributed by atoms with van der Waals surface area (Å²) in [6, 6.07) is 10.0. The molecule has 1 unspecified atom stereocenters. The Morgan fingerprint density at radius 2 is 2.00 bits per heavy atom. The molecule has 0 aliphatic rings. The predicted octanol–water partition coefficient (Wildman–Crippen LogP) is 3.25. The summed E-state index contributed by atoms with van der Waals surface area (Å²) in [6.45, 7) is 2.13. The van der Waals surface area contributed by atoms with Crippen LogP contribution in [0, 0.1) is 0 Å². The van der Waals surface area contributed by atoms with E-state index in [0.29, 0.717) is 0 Å². The van der Waals surface area contributed by atoms with Crippen molar-refractivity contribution in [1.29, 1.82) is 0 Å². The average molecular weight is 190 g/mol. The van der Waals surface area contributed by atoms with Gasteiger partial charge >= 0.3 is 0 Å². The first kappa shape index (κ1) is 11.0. The molecule has 0 heterocycles. The molecule has 76 valence electrons. The normalized spacial score (nSPS) is 13.3. The van der Waals surface area contributed by atoms with Crippen LogP contribution in [0.3, 0.4) is 0 Å². The molecule has 0 aliphatic heterocycles. The minimum absolute atomic E-state index is 0.296. The van der Waals surface area contributed by atoms with Gasteiger partial charge in [-0.05, 0) is 12.0 Å². The second kappa shape index (κ2) is 6.39. The van der Waals surface area contributed by atoms with Crippen LogP contribution in [0.1, 0.15) is 31.7 Å². The van der Waals surface area contributed by atoms with Gasteiger partial charge in [0.05, 0.1) is 6.10 Å². The first-order chi connectivity index (χ1) is 6.83. The molecule has 0 aromatic heterocycles. The van der Waals surface area contributed by atoms with E-state index in [1.165, 1.54) is 0 Å². The maximum Gasteiger partial charge on any atom is 0.0724 e. The Kier molecular flexibility index (Phi) is 5.02. The fraction of sp³-hybridized carbons (Fsp3) is 0.385. The molecule has 1 heteroatoms. The SMILES string of the molecule is CCCCC(O)C=Cc1ccccc1. The van der Waals surface area contributed by atoms with Gasteiger partial charge in [-0.15, -0.1) is 0 Å². The number of hydrogen-bond acceptors (Lipinski definition) is 1. The zero-order chi connectivity index (χ0) is 10.2. The highest BCUT2D eigenvalue weighted by molar-refractivity contribution is 5.49. The third-order valence-corrected chi connectivity index (χ3v) is 2.16. The molecule has 14 heavy (non-hydrogen) atoms. The maximum absolute atomic E-state index is 9.55. The quantitative estimate of drug-likeness (QED) is 0.755. The van der Waals surface area contributed by atoms with Crippen molar-refractivity contribution in [2.75, 3.05) is 0 Å². The van der Waals surface area contributed by atoms with Crippen molar-refractivity contribution in [3.8, 4) is 0 Å². The van der Waals surface area contributed by atoms with Gasteiger partial charge in [0.25, 0.3) is 0 Å². The van der Waals surface area contributed by atoms with E-state index in [1.54, 1.807) is 0 Å². The van der Waals surface area contributed by atoms with Gasteiger partial charge in [-0.25, -0.2) is 0 Å². The molecule has 1 aromatic carbocycles. The molecule has 0 fully saturated rings. The van der Waals surface area contributed by atoms with E-state index in [0.717, 1.165) is 24.8 Å². The lowest BCUT2D eigenvalue weighted by Gasteiger charge is -2.02. The van der Waals surface area contributed by atoms with E-state index in [2.05, 4.69) is 6.92 Å².